The molecule has 3 nitrogen and oxygen atoms in total. The van der Waals surface area contributed by atoms with Gasteiger partial charge in [-0.05, 0) is 101 Å². The van der Waals surface area contributed by atoms with Crippen LogP contribution in [0.25, 0.3) is 76.9 Å². The normalized spacial score (nSPS) is 11.6. The second-order valence-corrected chi connectivity index (χ2v) is 14.2. The summed E-state index contributed by atoms with van der Waals surface area (Å²) in [4.78, 5) is 2.34. The molecule has 0 saturated carbocycles. The van der Waals surface area contributed by atoms with E-state index in [0.717, 1.165) is 28.4 Å². The summed E-state index contributed by atoms with van der Waals surface area (Å²) in [7, 11) is 0. The molecule has 0 unspecified atom stereocenters. The number of hydrogen-bond acceptors (Lipinski definition) is 1. The topological polar surface area (TPSA) is 13.1 Å². The van der Waals surface area contributed by atoms with E-state index in [-0.39, 0.29) is 0 Å². The van der Waals surface area contributed by atoms with Crippen LogP contribution in [0, 0.1) is 0 Å². The van der Waals surface area contributed by atoms with Gasteiger partial charge in [0.15, 0.2) is 0 Å². The maximum absolute atomic E-state index is 2.47. The van der Waals surface area contributed by atoms with Crippen LogP contribution >= 0.6 is 0 Å². The van der Waals surface area contributed by atoms with Crippen LogP contribution in [0.3, 0.4) is 0 Å². The fourth-order valence-electron chi connectivity index (χ4n) is 8.60. The second-order valence-electron chi connectivity index (χ2n) is 14.2. The van der Waals surface area contributed by atoms with Crippen LogP contribution in [-0.2, 0) is 0 Å². The molecule has 11 rings (SSSR count). The molecule has 0 atom stereocenters. The molecule has 9 aromatic carbocycles. The summed E-state index contributed by atoms with van der Waals surface area (Å²) in [5.74, 6) is 0. The number of anilines is 3. The summed E-state index contributed by atoms with van der Waals surface area (Å²) in [6, 6.07) is 76.8. The van der Waals surface area contributed by atoms with Gasteiger partial charge in [-0.3, -0.25) is 0 Å². The van der Waals surface area contributed by atoms with E-state index >= 15 is 0 Å². The van der Waals surface area contributed by atoms with Gasteiger partial charge in [0.2, 0.25) is 0 Å². The molecule has 0 N–H and O–H groups in total. The van der Waals surface area contributed by atoms with Crippen molar-refractivity contribution in [2.24, 2.45) is 0 Å². The van der Waals surface area contributed by atoms with E-state index in [2.05, 4.69) is 226 Å². The quantitative estimate of drug-likeness (QED) is 0.168. The van der Waals surface area contributed by atoms with E-state index in [1.54, 1.807) is 0 Å². The standard InChI is InChI=1S/C52H35N3/c1-3-14-36(15-4-1)39-18-13-21-43(34-39)53(40-19-5-2-6-20-40)41-28-30-42(31-29-41)55-48-24-11-9-22-45(48)46-32-33-50-51(52(46)55)47-23-10-12-25-49(47)54(50)44-27-26-37-16-7-8-17-38(37)35-44/h1-35H. The summed E-state index contributed by atoms with van der Waals surface area (Å²) >= 11 is 0. The Morgan fingerprint density at radius 2 is 0.909 bits per heavy atom. The average Bonchev–Trinajstić information content (AvgIpc) is 3.78. The minimum absolute atomic E-state index is 1.10. The predicted octanol–water partition coefficient (Wildman–Crippen LogP) is 14.2. The third-order valence-corrected chi connectivity index (χ3v) is 11.1. The Morgan fingerprint density at radius 1 is 0.309 bits per heavy atom. The van der Waals surface area contributed by atoms with Crippen molar-refractivity contribution in [1.82, 2.24) is 9.13 Å². The molecule has 258 valence electrons. The number of aromatic nitrogens is 2. The van der Waals surface area contributed by atoms with Crippen molar-refractivity contribution >= 4 is 71.4 Å². The highest BCUT2D eigenvalue weighted by Crippen LogP contribution is 2.43. The monoisotopic (exact) mass is 701 g/mol. The SMILES string of the molecule is c1ccc(-c2cccc(N(c3ccccc3)c3ccc(-n4c5ccccc5c5ccc6c(c7ccccc7n6-c6ccc7ccccc7c6)c54)cc3)c2)cc1. The van der Waals surface area contributed by atoms with Crippen molar-refractivity contribution in [1.29, 1.82) is 0 Å². The zero-order chi connectivity index (χ0) is 36.3. The lowest BCUT2D eigenvalue weighted by Crippen LogP contribution is -2.10. The minimum atomic E-state index is 1.10. The molecule has 55 heavy (non-hydrogen) atoms. The Labute approximate surface area is 319 Å². The third kappa shape index (κ3) is 5.05. The summed E-state index contributed by atoms with van der Waals surface area (Å²) in [5.41, 5.74) is 12.8. The molecule has 0 radical (unpaired) electrons. The van der Waals surface area contributed by atoms with Gasteiger partial charge in [0.05, 0.1) is 22.1 Å². The number of rotatable bonds is 6. The fourth-order valence-corrected chi connectivity index (χ4v) is 8.60. The van der Waals surface area contributed by atoms with Crippen LogP contribution < -0.4 is 4.90 Å². The maximum Gasteiger partial charge on any atom is 0.0641 e. The molecule has 0 bridgehead atoms. The summed E-state index contributed by atoms with van der Waals surface area (Å²) < 4.78 is 4.90. The van der Waals surface area contributed by atoms with Crippen molar-refractivity contribution in [3.8, 4) is 22.5 Å². The molecule has 0 saturated heterocycles. The first-order chi connectivity index (χ1) is 27.3. The molecule has 0 aliphatic carbocycles. The number of benzene rings is 9. The van der Waals surface area contributed by atoms with E-state index in [9.17, 15) is 0 Å². The predicted molar refractivity (Wildman–Crippen MR) is 233 cm³/mol. The largest absolute Gasteiger partial charge is 0.310 e. The molecule has 2 heterocycles. The lowest BCUT2D eigenvalue weighted by atomic mass is 10.0. The Bertz CT molecular complexity index is 3190. The lowest BCUT2D eigenvalue weighted by Gasteiger charge is -2.26. The molecular formula is C52H35N3. The lowest BCUT2D eigenvalue weighted by molar-refractivity contribution is 1.17. The van der Waals surface area contributed by atoms with Crippen molar-refractivity contribution in [2.75, 3.05) is 4.90 Å². The first kappa shape index (κ1) is 31.2. The average molecular weight is 702 g/mol. The fraction of sp³-hybridized carbons (Fsp3) is 0. The smallest absolute Gasteiger partial charge is 0.0641 e. The van der Waals surface area contributed by atoms with Gasteiger partial charge < -0.3 is 14.0 Å². The van der Waals surface area contributed by atoms with E-state index in [1.807, 2.05) is 0 Å². The molecule has 0 aliphatic heterocycles. The zero-order valence-corrected chi connectivity index (χ0v) is 30.0. The molecule has 0 aliphatic rings. The van der Waals surface area contributed by atoms with Gasteiger partial charge in [-0.1, -0.05) is 133 Å². The van der Waals surface area contributed by atoms with Crippen molar-refractivity contribution in [2.45, 2.75) is 0 Å². The van der Waals surface area contributed by atoms with Gasteiger partial charge in [0.25, 0.3) is 0 Å². The first-order valence-corrected chi connectivity index (χ1v) is 18.9. The van der Waals surface area contributed by atoms with E-state index in [1.165, 1.54) is 65.5 Å². The minimum Gasteiger partial charge on any atom is -0.310 e. The van der Waals surface area contributed by atoms with Gasteiger partial charge in [-0.2, -0.15) is 0 Å². The number of fused-ring (bicyclic) bond motifs is 8. The second kappa shape index (κ2) is 12.6. The number of hydrogen-bond donors (Lipinski definition) is 0. The van der Waals surface area contributed by atoms with Crippen LogP contribution in [0.15, 0.2) is 212 Å². The van der Waals surface area contributed by atoms with Gasteiger partial charge in [-0.15, -0.1) is 0 Å². The number of nitrogens with zero attached hydrogens (tertiary/aromatic N) is 3. The van der Waals surface area contributed by atoms with Crippen LogP contribution in [0.5, 0.6) is 0 Å². The highest BCUT2D eigenvalue weighted by Gasteiger charge is 2.21. The maximum atomic E-state index is 2.47. The summed E-state index contributed by atoms with van der Waals surface area (Å²) in [6.45, 7) is 0. The first-order valence-electron chi connectivity index (χ1n) is 18.9. The molecule has 0 amide bonds. The van der Waals surface area contributed by atoms with Gasteiger partial charge in [0.1, 0.15) is 0 Å². The van der Waals surface area contributed by atoms with E-state index < -0.39 is 0 Å². The molecule has 0 fully saturated rings. The highest BCUT2D eigenvalue weighted by molar-refractivity contribution is 6.26. The van der Waals surface area contributed by atoms with Gasteiger partial charge >= 0.3 is 0 Å². The summed E-state index contributed by atoms with van der Waals surface area (Å²) in [5, 5.41) is 7.47. The van der Waals surface area contributed by atoms with Crippen LogP contribution in [0.4, 0.5) is 17.1 Å². The Kier molecular flexibility index (Phi) is 7.17. The third-order valence-electron chi connectivity index (χ3n) is 11.1. The molecule has 2 aromatic heterocycles. The van der Waals surface area contributed by atoms with Gasteiger partial charge in [0, 0.05) is 50.0 Å². The molecule has 11 aromatic rings. The van der Waals surface area contributed by atoms with E-state index in [4.69, 9.17) is 0 Å². The molecular weight excluding hydrogens is 667 g/mol. The van der Waals surface area contributed by atoms with Crippen LogP contribution in [-0.4, -0.2) is 9.13 Å². The Balaban J connectivity index is 1.12. The van der Waals surface area contributed by atoms with Crippen molar-refractivity contribution in [3.05, 3.63) is 212 Å². The van der Waals surface area contributed by atoms with Crippen LogP contribution in [0.2, 0.25) is 0 Å². The van der Waals surface area contributed by atoms with Crippen LogP contribution in [0.1, 0.15) is 0 Å². The number of para-hydroxylation sites is 3. The molecule has 0 spiro atoms. The van der Waals surface area contributed by atoms with Gasteiger partial charge in [-0.25, -0.2) is 0 Å². The highest BCUT2D eigenvalue weighted by atomic mass is 15.1. The Hall–Kier alpha value is -7.36. The molecule has 3 heteroatoms. The Morgan fingerprint density at radius 3 is 1.71 bits per heavy atom. The van der Waals surface area contributed by atoms with E-state index in [0.29, 0.717) is 0 Å². The summed E-state index contributed by atoms with van der Waals surface area (Å²) in [6.07, 6.45) is 0. The van der Waals surface area contributed by atoms with Crippen molar-refractivity contribution < 1.29 is 0 Å². The van der Waals surface area contributed by atoms with Crippen molar-refractivity contribution in [3.63, 3.8) is 0 Å². The zero-order valence-electron chi connectivity index (χ0n) is 30.0.